The molecule has 0 amide bonds. The number of nitrogens with zero attached hydrogens (tertiary/aromatic N) is 1. The Kier molecular flexibility index (Phi) is 2.25. The van der Waals surface area contributed by atoms with Crippen molar-refractivity contribution in [3.8, 4) is 0 Å². The van der Waals surface area contributed by atoms with Gasteiger partial charge in [-0.2, -0.15) is 0 Å². The van der Waals surface area contributed by atoms with Crippen molar-refractivity contribution in [2.45, 2.75) is 13.8 Å². The molecule has 5 heteroatoms. The number of Topliss-reactive ketones (excluding diaryl/α,β-unsaturated/α-hetero) is 1. The summed E-state index contributed by atoms with van der Waals surface area (Å²) in [6.07, 6.45) is 1.47. The first-order valence-corrected chi connectivity index (χ1v) is 5.70. The SMILES string of the molecule is CC(=O)c1cc2c(o1)C(=O)c1nccc(C)c1C2=O. The molecular formula is C14H9NO4. The van der Waals surface area contributed by atoms with Crippen molar-refractivity contribution in [3.63, 3.8) is 0 Å². The fourth-order valence-electron chi connectivity index (χ4n) is 2.16. The molecule has 1 aliphatic rings. The predicted octanol–water partition coefficient (Wildman–Crippen LogP) is 1.96. The van der Waals surface area contributed by atoms with Crippen LogP contribution < -0.4 is 0 Å². The first kappa shape index (κ1) is 11.5. The molecule has 0 spiro atoms. The standard InChI is InChI=1S/C14H9NO4/c1-6-3-4-15-11-10(6)12(17)8-5-9(7(2)16)19-14(8)13(11)18/h3-5H,1-2H3. The lowest BCUT2D eigenvalue weighted by Crippen LogP contribution is -2.21. The Morgan fingerprint density at radius 2 is 2.00 bits per heavy atom. The fourth-order valence-corrected chi connectivity index (χ4v) is 2.16. The van der Waals surface area contributed by atoms with E-state index >= 15 is 0 Å². The summed E-state index contributed by atoms with van der Waals surface area (Å²) < 4.78 is 5.19. The van der Waals surface area contributed by atoms with Crippen LogP contribution in [0.3, 0.4) is 0 Å². The summed E-state index contributed by atoms with van der Waals surface area (Å²) in [5, 5.41) is 0. The van der Waals surface area contributed by atoms with Gasteiger partial charge in [-0.25, -0.2) is 0 Å². The molecule has 1 aliphatic carbocycles. The van der Waals surface area contributed by atoms with Gasteiger partial charge in [-0.3, -0.25) is 19.4 Å². The minimum absolute atomic E-state index is 0.0113. The number of hydrogen-bond donors (Lipinski definition) is 0. The molecule has 5 nitrogen and oxygen atoms in total. The molecule has 0 N–H and O–H groups in total. The van der Waals surface area contributed by atoms with E-state index in [1.165, 1.54) is 19.2 Å². The van der Waals surface area contributed by atoms with E-state index in [1.54, 1.807) is 13.0 Å². The second-order valence-electron chi connectivity index (χ2n) is 4.42. The molecule has 2 aromatic rings. The Bertz CT molecular complexity index is 755. The van der Waals surface area contributed by atoms with E-state index in [0.29, 0.717) is 5.56 Å². The van der Waals surface area contributed by atoms with Crippen molar-refractivity contribution in [3.05, 3.63) is 52.2 Å². The lowest BCUT2D eigenvalue weighted by atomic mass is 9.89. The Morgan fingerprint density at radius 1 is 1.26 bits per heavy atom. The zero-order valence-corrected chi connectivity index (χ0v) is 10.3. The van der Waals surface area contributed by atoms with E-state index in [4.69, 9.17) is 4.42 Å². The Morgan fingerprint density at radius 3 is 2.68 bits per heavy atom. The number of carbonyl (C=O) groups excluding carboxylic acids is 3. The monoisotopic (exact) mass is 255 g/mol. The van der Waals surface area contributed by atoms with Crippen LogP contribution in [0.25, 0.3) is 0 Å². The molecule has 0 saturated carbocycles. The van der Waals surface area contributed by atoms with Crippen LogP contribution in [0.2, 0.25) is 0 Å². The van der Waals surface area contributed by atoms with Gasteiger partial charge < -0.3 is 4.42 Å². The number of pyridine rings is 1. The summed E-state index contributed by atoms with van der Waals surface area (Å²) in [6.45, 7) is 3.05. The molecular weight excluding hydrogens is 246 g/mol. The van der Waals surface area contributed by atoms with Gasteiger partial charge in [0.25, 0.3) is 0 Å². The third-order valence-electron chi connectivity index (χ3n) is 3.13. The minimum atomic E-state index is -0.458. The summed E-state index contributed by atoms with van der Waals surface area (Å²) in [7, 11) is 0. The molecule has 0 radical (unpaired) electrons. The van der Waals surface area contributed by atoms with Crippen molar-refractivity contribution in [2.75, 3.05) is 0 Å². The van der Waals surface area contributed by atoms with Crippen LogP contribution in [0, 0.1) is 6.92 Å². The van der Waals surface area contributed by atoms with Crippen molar-refractivity contribution in [1.29, 1.82) is 0 Å². The van der Waals surface area contributed by atoms with E-state index in [-0.39, 0.29) is 39.9 Å². The molecule has 94 valence electrons. The van der Waals surface area contributed by atoms with Gasteiger partial charge >= 0.3 is 0 Å². The Labute approximate surface area is 108 Å². The Hall–Kier alpha value is -2.56. The summed E-state index contributed by atoms with van der Waals surface area (Å²) in [5.41, 5.74) is 1.19. The van der Waals surface area contributed by atoms with Gasteiger partial charge in [0.2, 0.25) is 5.78 Å². The number of fused-ring (bicyclic) bond motifs is 2. The molecule has 0 bridgehead atoms. The lowest BCUT2D eigenvalue weighted by molar-refractivity contribution is 0.0943. The summed E-state index contributed by atoms with van der Waals surface area (Å²) in [6, 6.07) is 2.99. The molecule has 0 atom stereocenters. The summed E-state index contributed by atoms with van der Waals surface area (Å²) in [5.74, 6) is -1.20. The van der Waals surface area contributed by atoms with Gasteiger partial charge in [-0.05, 0) is 24.6 Å². The number of furan rings is 1. The zero-order valence-electron chi connectivity index (χ0n) is 10.3. The smallest absolute Gasteiger partial charge is 0.248 e. The maximum Gasteiger partial charge on any atom is 0.248 e. The highest BCUT2D eigenvalue weighted by atomic mass is 16.4. The van der Waals surface area contributed by atoms with Crippen molar-refractivity contribution in [2.24, 2.45) is 0 Å². The van der Waals surface area contributed by atoms with Crippen LogP contribution in [-0.2, 0) is 0 Å². The number of aromatic nitrogens is 1. The lowest BCUT2D eigenvalue weighted by Gasteiger charge is -2.13. The van der Waals surface area contributed by atoms with E-state index in [0.717, 1.165) is 0 Å². The van der Waals surface area contributed by atoms with Gasteiger partial charge in [-0.15, -0.1) is 0 Å². The average molecular weight is 255 g/mol. The molecule has 0 aromatic carbocycles. The number of rotatable bonds is 1. The molecule has 19 heavy (non-hydrogen) atoms. The highest BCUT2D eigenvalue weighted by molar-refractivity contribution is 6.27. The molecule has 2 heterocycles. The molecule has 0 saturated heterocycles. The molecule has 2 aromatic heterocycles. The van der Waals surface area contributed by atoms with Crippen molar-refractivity contribution in [1.82, 2.24) is 4.98 Å². The third-order valence-corrected chi connectivity index (χ3v) is 3.13. The van der Waals surface area contributed by atoms with Gasteiger partial charge in [0.1, 0.15) is 5.69 Å². The first-order valence-electron chi connectivity index (χ1n) is 5.70. The van der Waals surface area contributed by atoms with Crippen LogP contribution in [0.4, 0.5) is 0 Å². The Balaban J connectivity index is 2.30. The quantitative estimate of drug-likeness (QED) is 0.621. The van der Waals surface area contributed by atoms with Crippen LogP contribution >= 0.6 is 0 Å². The van der Waals surface area contributed by atoms with Gasteiger partial charge in [0.05, 0.1) is 11.1 Å². The predicted molar refractivity (Wildman–Crippen MR) is 64.6 cm³/mol. The highest BCUT2D eigenvalue weighted by Gasteiger charge is 2.36. The normalized spacial score (nSPS) is 13.2. The van der Waals surface area contributed by atoms with E-state index in [2.05, 4.69) is 4.98 Å². The fraction of sp³-hybridized carbons (Fsp3) is 0.143. The van der Waals surface area contributed by atoms with E-state index in [9.17, 15) is 14.4 Å². The van der Waals surface area contributed by atoms with Gasteiger partial charge in [-0.1, -0.05) is 0 Å². The van der Waals surface area contributed by atoms with E-state index < -0.39 is 5.78 Å². The zero-order chi connectivity index (χ0) is 13.7. The van der Waals surface area contributed by atoms with Crippen molar-refractivity contribution < 1.29 is 18.8 Å². The number of ketones is 3. The maximum atomic E-state index is 12.3. The molecule has 0 fully saturated rings. The second-order valence-corrected chi connectivity index (χ2v) is 4.42. The number of carbonyl (C=O) groups is 3. The molecule has 0 unspecified atom stereocenters. The van der Waals surface area contributed by atoms with Crippen molar-refractivity contribution >= 4 is 17.3 Å². The van der Waals surface area contributed by atoms with Gasteiger partial charge in [0, 0.05) is 13.1 Å². The largest absolute Gasteiger partial charge is 0.449 e. The second kappa shape index (κ2) is 3.71. The topological polar surface area (TPSA) is 77.2 Å². The van der Waals surface area contributed by atoms with Crippen LogP contribution in [0.15, 0.2) is 22.7 Å². The average Bonchev–Trinajstić information content (AvgIpc) is 2.81. The number of aryl methyl sites for hydroxylation is 1. The molecule has 3 rings (SSSR count). The minimum Gasteiger partial charge on any atom is -0.449 e. The molecule has 0 aliphatic heterocycles. The van der Waals surface area contributed by atoms with Crippen LogP contribution in [-0.4, -0.2) is 22.3 Å². The summed E-state index contributed by atoms with van der Waals surface area (Å²) in [4.78, 5) is 39.8. The summed E-state index contributed by atoms with van der Waals surface area (Å²) >= 11 is 0. The van der Waals surface area contributed by atoms with E-state index in [1.807, 2.05) is 0 Å². The maximum absolute atomic E-state index is 12.3. The van der Waals surface area contributed by atoms with Crippen LogP contribution in [0.5, 0.6) is 0 Å². The number of hydrogen-bond acceptors (Lipinski definition) is 5. The van der Waals surface area contributed by atoms with Gasteiger partial charge in [0.15, 0.2) is 23.1 Å². The third kappa shape index (κ3) is 1.48. The first-order chi connectivity index (χ1) is 9.00. The van der Waals surface area contributed by atoms with Crippen LogP contribution in [0.1, 0.15) is 55.2 Å². The highest BCUT2D eigenvalue weighted by Crippen LogP contribution is 2.30.